The van der Waals surface area contributed by atoms with Crippen molar-refractivity contribution in [3.8, 4) is 0 Å². The number of hydrogen-bond acceptors (Lipinski definition) is 3. The molecule has 0 aromatic heterocycles. The number of likely N-dealkylation sites (tertiary alicyclic amines) is 1. The van der Waals surface area contributed by atoms with Gasteiger partial charge in [0.15, 0.2) is 0 Å². The summed E-state index contributed by atoms with van der Waals surface area (Å²) in [5.74, 6) is -0.362. The molecule has 0 unspecified atom stereocenters. The molecule has 0 aliphatic carbocycles. The summed E-state index contributed by atoms with van der Waals surface area (Å²) in [6, 6.07) is 10.3. The Hall–Kier alpha value is -2.54. The molecular weight excluding hydrogens is 427 g/mol. The van der Waals surface area contributed by atoms with Crippen LogP contribution in [0.3, 0.4) is 0 Å². The maximum absolute atomic E-state index is 13.8. The number of amides is 1. The van der Waals surface area contributed by atoms with Crippen molar-refractivity contribution >= 4 is 17.3 Å². The maximum Gasteiger partial charge on any atom is 0.416 e. The van der Waals surface area contributed by atoms with Crippen LogP contribution in [0.5, 0.6) is 0 Å². The van der Waals surface area contributed by atoms with Crippen LogP contribution in [0.15, 0.2) is 36.4 Å². The first-order valence-electron chi connectivity index (χ1n) is 11.9. The normalized spacial score (nSPS) is 19.9. The van der Waals surface area contributed by atoms with Crippen LogP contribution in [0.2, 0.25) is 0 Å². The van der Waals surface area contributed by atoms with Gasteiger partial charge in [0, 0.05) is 42.6 Å². The monoisotopic (exact) mass is 457 g/mol. The average molecular weight is 458 g/mol. The zero-order valence-corrected chi connectivity index (χ0v) is 19.0. The quantitative estimate of drug-likeness (QED) is 0.627. The highest BCUT2D eigenvalue weighted by atomic mass is 19.4. The summed E-state index contributed by atoms with van der Waals surface area (Å²) in [5.41, 5.74) is 2.75. The lowest BCUT2D eigenvalue weighted by atomic mass is 10.0. The van der Waals surface area contributed by atoms with E-state index < -0.39 is 11.7 Å². The molecule has 2 aromatic carbocycles. The Morgan fingerprint density at radius 1 is 0.939 bits per heavy atom. The Balaban J connectivity index is 1.41. The zero-order chi connectivity index (χ0) is 23.2. The molecule has 0 radical (unpaired) electrons. The molecule has 2 aromatic rings. The van der Waals surface area contributed by atoms with Gasteiger partial charge < -0.3 is 14.7 Å². The van der Waals surface area contributed by atoms with Crippen LogP contribution < -0.4 is 9.80 Å². The molecule has 2 saturated heterocycles. The van der Waals surface area contributed by atoms with Crippen molar-refractivity contribution in [2.75, 3.05) is 42.5 Å². The SMILES string of the molecule is Cc1ccc2c(c1)N(C(=O)c1cc(N3CCC(N4CCCC4)CC3)cc(C(F)(F)F)c1)CC2. The third-order valence-electron chi connectivity index (χ3n) is 7.36. The van der Waals surface area contributed by atoms with Crippen molar-refractivity contribution in [2.45, 2.75) is 51.2 Å². The van der Waals surface area contributed by atoms with Crippen molar-refractivity contribution in [1.82, 2.24) is 4.90 Å². The molecule has 0 spiro atoms. The fourth-order valence-corrected chi connectivity index (χ4v) is 5.53. The summed E-state index contributed by atoms with van der Waals surface area (Å²) < 4.78 is 41.3. The van der Waals surface area contributed by atoms with Gasteiger partial charge in [-0.15, -0.1) is 0 Å². The molecule has 3 aliphatic rings. The fraction of sp³-hybridized carbons (Fsp3) is 0.500. The molecule has 0 bridgehead atoms. The minimum Gasteiger partial charge on any atom is -0.371 e. The molecule has 0 saturated carbocycles. The highest BCUT2D eigenvalue weighted by Gasteiger charge is 2.35. The number of aryl methyl sites for hydroxylation is 1. The first-order valence-corrected chi connectivity index (χ1v) is 11.9. The minimum absolute atomic E-state index is 0.107. The van der Waals surface area contributed by atoms with E-state index in [0.717, 1.165) is 55.2 Å². The highest BCUT2D eigenvalue weighted by Crippen LogP contribution is 2.36. The summed E-state index contributed by atoms with van der Waals surface area (Å²) >= 11 is 0. The summed E-state index contributed by atoms with van der Waals surface area (Å²) in [7, 11) is 0. The molecular formula is C26H30F3N3O. The number of carbonyl (C=O) groups is 1. The van der Waals surface area contributed by atoms with Crippen LogP contribution in [0.25, 0.3) is 0 Å². The number of fused-ring (bicyclic) bond motifs is 1. The summed E-state index contributed by atoms with van der Waals surface area (Å²) in [6.45, 7) is 6.12. The van der Waals surface area contributed by atoms with E-state index in [1.54, 1.807) is 11.0 Å². The third-order valence-corrected chi connectivity index (χ3v) is 7.36. The van der Waals surface area contributed by atoms with E-state index in [2.05, 4.69) is 4.90 Å². The topological polar surface area (TPSA) is 26.8 Å². The second-order valence-corrected chi connectivity index (χ2v) is 9.57. The third kappa shape index (κ3) is 4.47. The van der Waals surface area contributed by atoms with Crippen molar-refractivity contribution in [3.05, 3.63) is 58.7 Å². The van der Waals surface area contributed by atoms with Gasteiger partial charge in [-0.1, -0.05) is 12.1 Å². The number of benzene rings is 2. The predicted octanol–water partition coefficient (Wildman–Crippen LogP) is 5.28. The second kappa shape index (κ2) is 8.67. The lowest BCUT2D eigenvalue weighted by molar-refractivity contribution is -0.137. The van der Waals surface area contributed by atoms with Crippen LogP contribution in [-0.2, 0) is 12.6 Å². The largest absolute Gasteiger partial charge is 0.416 e. The summed E-state index contributed by atoms with van der Waals surface area (Å²) in [6.07, 6.45) is 0.573. The van der Waals surface area contributed by atoms with Gasteiger partial charge in [-0.25, -0.2) is 0 Å². The smallest absolute Gasteiger partial charge is 0.371 e. The van der Waals surface area contributed by atoms with Gasteiger partial charge >= 0.3 is 6.18 Å². The fourth-order valence-electron chi connectivity index (χ4n) is 5.53. The number of rotatable bonds is 3. The van der Waals surface area contributed by atoms with Crippen molar-refractivity contribution in [1.29, 1.82) is 0 Å². The van der Waals surface area contributed by atoms with Crippen molar-refractivity contribution < 1.29 is 18.0 Å². The number of hydrogen-bond donors (Lipinski definition) is 0. The van der Waals surface area contributed by atoms with Gasteiger partial charge in [0.25, 0.3) is 5.91 Å². The van der Waals surface area contributed by atoms with Gasteiger partial charge in [-0.05, 0) is 87.5 Å². The predicted molar refractivity (Wildman–Crippen MR) is 124 cm³/mol. The van der Waals surface area contributed by atoms with Crippen molar-refractivity contribution in [2.24, 2.45) is 0 Å². The Labute approximate surface area is 193 Å². The molecule has 0 N–H and O–H groups in total. The van der Waals surface area contributed by atoms with Gasteiger partial charge in [0.2, 0.25) is 0 Å². The maximum atomic E-state index is 13.8. The first kappa shape index (κ1) is 22.3. The lowest BCUT2D eigenvalue weighted by Gasteiger charge is -2.38. The number of halogens is 3. The zero-order valence-electron chi connectivity index (χ0n) is 19.0. The van der Waals surface area contributed by atoms with Gasteiger partial charge in [0.05, 0.1) is 5.56 Å². The molecule has 4 nitrogen and oxygen atoms in total. The molecule has 3 aliphatic heterocycles. The van der Waals surface area contributed by atoms with Crippen LogP contribution >= 0.6 is 0 Å². The van der Waals surface area contributed by atoms with E-state index in [1.807, 2.05) is 30.0 Å². The Kier molecular flexibility index (Phi) is 5.85. The van der Waals surface area contributed by atoms with Crippen LogP contribution in [-0.4, -0.2) is 49.6 Å². The molecule has 33 heavy (non-hydrogen) atoms. The number of piperidine rings is 1. The van der Waals surface area contributed by atoms with Gasteiger partial charge in [-0.2, -0.15) is 13.2 Å². The lowest BCUT2D eigenvalue weighted by Crippen LogP contribution is -2.44. The summed E-state index contributed by atoms with van der Waals surface area (Å²) in [4.78, 5) is 19.6. The van der Waals surface area contributed by atoms with Crippen LogP contribution in [0, 0.1) is 6.92 Å². The number of anilines is 2. The molecule has 2 fully saturated rings. The van der Waals surface area contributed by atoms with Crippen molar-refractivity contribution in [3.63, 3.8) is 0 Å². The Bertz CT molecular complexity index is 1040. The van der Waals surface area contributed by atoms with Crippen LogP contribution in [0.4, 0.5) is 24.5 Å². The van der Waals surface area contributed by atoms with E-state index >= 15 is 0 Å². The first-order chi connectivity index (χ1) is 15.8. The Morgan fingerprint density at radius 3 is 2.36 bits per heavy atom. The number of carbonyl (C=O) groups excluding carboxylic acids is 1. The van der Waals surface area contributed by atoms with Gasteiger partial charge in [0.1, 0.15) is 0 Å². The minimum atomic E-state index is -4.50. The van der Waals surface area contributed by atoms with E-state index in [1.165, 1.54) is 18.9 Å². The molecule has 5 rings (SSSR count). The molecule has 1 amide bonds. The average Bonchev–Trinajstić information content (AvgIpc) is 3.48. The number of alkyl halides is 3. The Morgan fingerprint density at radius 2 is 1.67 bits per heavy atom. The van der Waals surface area contributed by atoms with Crippen LogP contribution in [0.1, 0.15) is 52.7 Å². The van der Waals surface area contributed by atoms with E-state index in [9.17, 15) is 18.0 Å². The molecule has 0 atom stereocenters. The van der Waals surface area contributed by atoms with E-state index in [-0.39, 0.29) is 11.5 Å². The second-order valence-electron chi connectivity index (χ2n) is 9.57. The molecule has 3 heterocycles. The van der Waals surface area contributed by atoms with E-state index in [4.69, 9.17) is 0 Å². The van der Waals surface area contributed by atoms with Gasteiger partial charge in [-0.3, -0.25) is 4.79 Å². The number of nitrogens with zero attached hydrogens (tertiary/aromatic N) is 3. The molecule has 7 heteroatoms. The standard InChI is InChI=1S/C26H30F3N3O/c1-18-4-5-19-6-13-32(24(19)14-18)25(33)20-15-21(26(27,28)29)17-23(16-20)31-11-7-22(8-12-31)30-9-2-3-10-30/h4-5,14-17,22H,2-3,6-13H2,1H3. The van der Waals surface area contributed by atoms with E-state index in [0.29, 0.717) is 31.4 Å². The highest BCUT2D eigenvalue weighted by molar-refractivity contribution is 6.08. The molecule has 176 valence electrons. The summed E-state index contributed by atoms with van der Waals surface area (Å²) in [5, 5.41) is 0.